The predicted molar refractivity (Wildman–Crippen MR) is 76.5 cm³/mol. The first-order valence-corrected chi connectivity index (χ1v) is 6.56. The van der Waals surface area contributed by atoms with Crippen LogP contribution in [0.5, 0.6) is 0 Å². The van der Waals surface area contributed by atoms with Gasteiger partial charge in [0.25, 0.3) is 0 Å². The van der Waals surface area contributed by atoms with Gasteiger partial charge in [0.15, 0.2) is 0 Å². The first-order chi connectivity index (χ1) is 9.61. The van der Waals surface area contributed by atoms with E-state index in [-0.39, 0.29) is 0 Å². The van der Waals surface area contributed by atoms with Crippen molar-refractivity contribution < 1.29 is 9.53 Å². The van der Waals surface area contributed by atoms with Crippen LogP contribution in [0, 0.1) is 0 Å². The molecule has 2 N–H and O–H groups in total. The number of benzene rings is 1. The number of ether oxygens (including phenoxy) is 1. The third kappa shape index (κ3) is 3.37. The molecule has 0 amide bonds. The molecular weight excluding hydrogens is 278 g/mol. The molecule has 0 radical (unpaired) electrons. The minimum Gasteiger partial charge on any atom is -0.468 e. The quantitative estimate of drug-likeness (QED) is 0.851. The van der Waals surface area contributed by atoms with Gasteiger partial charge >= 0.3 is 5.97 Å². The number of hydrogen-bond donors (Lipinski definition) is 1. The number of methoxy groups -OCH3 is 1. The smallest absolute Gasteiger partial charge is 0.323 e. The van der Waals surface area contributed by atoms with E-state index in [1.54, 1.807) is 6.20 Å². The van der Waals surface area contributed by atoms with Crippen LogP contribution in [-0.4, -0.2) is 28.7 Å². The van der Waals surface area contributed by atoms with Crippen LogP contribution in [0.4, 0.5) is 0 Å². The van der Waals surface area contributed by atoms with E-state index >= 15 is 0 Å². The molecule has 0 aliphatic carbocycles. The van der Waals surface area contributed by atoms with Crippen LogP contribution in [0.3, 0.4) is 0 Å². The lowest BCUT2D eigenvalue weighted by atomic mass is 10.2. The van der Waals surface area contributed by atoms with Gasteiger partial charge in [-0.2, -0.15) is 0 Å². The lowest BCUT2D eigenvalue weighted by molar-refractivity contribution is -0.142. The van der Waals surface area contributed by atoms with Gasteiger partial charge in [-0.1, -0.05) is 29.8 Å². The summed E-state index contributed by atoms with van der Waals surface area (Å²) in [6.45, 7) is 0.586. The largest absolute Gasteiger partial charge is 0.468 e. The minimum absolute atomic E-state index is 0.324. The first kappa shape index (κ1) is 14.6. The van der Waals surface area contributed by atoms with Crippen LogP contribution in [-0.2, 0) is 22.5 Å². The SMILES string of the molecule is COC(=O)C(N)Cc1nccn1Cc1ccccc1Cl. The Bertz CT molecular complexity index is 598. The Balaban J connectivity index is 2.13. The van der Waals surface area contributed by atoms with Gasteiger partial charge in [-0.05, 0) is 11.6 Å². The van der Waals surface area contributed by atoms with Gasteiger partial charge in [0, 0.05) is 23.8 Å². The van der Waals surface area contributed by atoms with Crippen LogP contribution in [0.2, 0.25) is 5.02 Å². The zero-order chi connectivity index (χ0) is 14.5. The van der Waals surface area contributed by atoms with Crippen molar-refractivity contribution in [1.29, 1.82) is 0 Å². The molecule has 0 saturated heterocycles. The van der Waals surface area contributed by atoms with Gasteiger partial charge in [0.2, 0.25) is 0 Å². The fraction of sp³-hybridized carbons (Fsp3) is 0.286. The molecule has 2 rings (SSSR count). The monoisotopic (exact) mass is 293 g/mol. The molecule has 1 unspecified atom stereocenters. The molecule has 20 heavy (non-hydrogen) atoms. The predicted octanol–water partition coefficient (Wildman–Crippen LogP) is 1.63. The molecule has 0 saturated carbocycles. The van der Waals surface area contributed by atoms with Crippen LogP contribution >= 0.6 is 11.6 Å². The Morgan fingerprint density at radius 1 is 1.50 bits per heavy atom. The number of nitrogens with zero attached hydrogens (tertiary/aromatic N) is 2. The van der Waals surface area contributed by atoms with E-state index in [0.29, 0.717) is 18.0 Å². The van der Waals surface area contributed by atoms with Gasteiger partial charge < -0.3 is 15.0 Å². The number of carbonyl (C=O) groups is 1. The highest BCUT2D eigenvalue weighted by Crippen LogP contribution is 2.17. The summed E-state index contributed by atoms with van der Waals surface area (Å²) in [6, 6.07) is 6.89. The normalized spacial score (nSPS) is 12.2. The van der Waals surface area contributed by atoms with E-state index in [2.05, 4.69) is 9.72 Å². The molecule has 0 spiro atoms. The number of halogens is 1. The van der Waals surface area contributed by atoms with E-state index in [1.807, 2.05) is 35.0 Å². The maximum atomic E-state index is 11.4. The topological polar surface area (TPSA) is 70.1 Å². The standard InChI is InChI=1S/C14H16ClN3O2/c1-20-14(19)12(16)8-13-17-6-7-18(13)9-10-4-2-3-5-11(10)15/h2-7,12H,8-9,16H2,1H3. The van der Waals surface area contributed by atoms with Gasteiger partial charge in [-0.25, -0.2) is 4.98 Å². The number of nitrogens with two attached hydrogens (primary N) is 1. The lowest BCUT2D eigenvalue weighted by Crippen LogP contribution is -2.34. The summed E-state index contributed by atoms with van der Waals surface area (Å²) >= 11 is 6.14. The Kier molecular flexibility index (Phi) is 4.76. The van der Waals surface area contributed by atoms with E-state index in [9.17, 15) is 4.79 Å². The van der Waals surface area contributed by atoms with E-state index < -0.39 is 12.0 Å². The van der Waals surface area contributed by atoms with Crippen molar-refractivity contribution in [2.24, 2.45) is 5.73 Å². The van der Waals surface area contributed by atoms with Crippen molar-refractivity contribution >= 4 is 17.6 Å². The van der Waals surface area contributed by atoms with Crippen molar-refractivity contribution in [1.82, 2.24) is 9.55 Å². The maximum Gasteiger partial charge on any atom is 0.323 e. The average molecular weight is 294 g/mol. The van der Waals surface area contributed by atoms with Gasteiger partial charge in [-0.3, -0.25) is 4.79 Å². The molecule has 0 fully saturated rings. The number of imidazole rings is 1. The highest BCUT2D eigenvalue weighted by atomic mass is 35.5. The summed E-state index contributed by atoms with van der Waals surface area (Å²) in [7, 11) is 1.32. The Labute approximate surface area is 122 Å². The number of carbonyl (C=O) groups excluding carboxylic acids is 1. The fourth-order valence-corrected chi connectivity index (χ4v) is 2.11. The zero-order valence-electron chi connectivity index (χ0n) is 11.1. The van der Waals surface area contributed by atoms with Gasteiger partial charge in [-0.15, -0.1) is 0 Å². The Morgan fingerprint density at radius 3 is 2.95 bits per heavy atom. The van der Waals surface area contributed by atoms with Crippen molar-refractivity contribution in [3.8, 4) is 0 Å². The minimum atomic E-state index is -0.715. The zero-order valence-corrected chi connectivity index (χ0v) is 11.9. The summed E-state index contributed by atoms with van der Waals surface area (Å²) < 4.78 is 6.54. The summed E-state index contributed by atoms with van der Waals surface area (Å²) in [5, 5.41) is 0.699. The molecule has 1 aromatic carbocycles. The molecule has 1 atom stereocenters. The van der Waals surface area contributed by atoms with Crippen LogP contribution in [0.15, 0.2) is 36.7 Å². The molecule has 1 aromatic heterocycles. The Morgan fingerprint density at radius 2 is 2.25 bits per heavy atom. The molecule has 6 heteroatoms. The third-order valence-corrected chi connectivity index (χ3v) is 3.38. The van der Waals surface area contributed by atoms with Crippen LogP contribution in [0.25, 0.3) is 0 Å². The van der Waals surface area contributed by atoms with Crippen LogP contribution < -0.4 is 5.73 Å². The number of hydrogen-bond acceptors (Lipinski definition) is 4. The van der Waals surface area contributed by atoms with Crippen molar-refractivity contribution in [3.05, 3.63) is 53.1 Å². The average Bonchev–Trinajstić information content (AvgIpc) is 2.87. The number of aromatic nitrogens is 2. The molecular formula is C14H16ClN3O2. The molecule has 106 valence electrons. The molecule has 5 nitrogen and oxygen atoms in total. The van der Waals surface area contributed by atoms with E-state index in [0.717, 1.165) is 11.4 Å². The van der Waals surface area contributed by atoms with Crippen molar-refractivity contribution in [2.75, 3.05) is 7.11 Å². The number of rotatable bonds is 5. The van der Waals surface area contributed by atoms with Crippen molar-refractivity contribution in [2.45, 2.75) is 19.0 Å². The molecule has 1 heterocycles. The highest BCUT2D eigenvalue weighted by Gasteiger charge is 2.17. The third-order valence-electron chi connectivity index (χ3n) is 3.01. The fourth-order valence-electron chi connectivity index (χ4n) is 1.92. The first-order valence-electron chi connectivity index (χ1n) is 6.18. The summed E-state index contributed by atoms with van der Waals surface area (Å²) in [6.07, 6.45) is 3.84. The summed E-state index contributed by atoms with van der Waals surface area (Å²) in [5.41, 5.74) is 6.74. The van der Waals surface area contributed by atoms with Gasteiger partial charge in [0.1, 0.15) is 11.9 Å². The van der Waals surface area contributed by atoms with E-state index in [1.165, 1.54) is 7.11 Å². The summed E-state index contributed by atoms with van der Waals surface area (Å²) in [5.74, 6) is 0.278. The summed E-state index contributed by atoms with van der Waals surface area (Å²) in [4.78, 5) is 15.6. The van der Waals surface area contributed by atoms with Gasteiger partial charge in [0.05, 0.1) is 13.7 Å². The second kappa shape index (κ2) is 6.54. The Hall–Kier alpha value is -1.85. The van der Waals surface area contributed by atoms with E-state index in [4.69, 9.17) is 17.3 Å². The second-order valence-electron chi connectivity index (χ2n) is 4.40. The second-order valence-corrected chi connectivity index (χ2v) is 4.80. The molecule has 2 aromatic rings. The molecule has 0 aliphatic rings. The van der Waals surface area contributed by atoms with Crippen LogP contribution in [0.1, 0.15) is 11.4 Å². The number of esters is 1. The highest BCUT2D eigenvalue weighted by molar-refractivity contribution is 6.31. The lowest BCUT2D eigenvalue weighted by Gasteiger charge is -2.12. The molecule has 0 bridgehead atoms. The van der Waals surface area contributed by atoms with Crippen molar-refractivity contribution in [3.63, 3.8) is 0 Å². The molecule has 0 aliphatic heterocycles. The maximum absolute atomic E-state index is 11.4.